The van der Waals surface area contributed by atoms with Crippen LogP contribution in [0.2, 0.25) is 0 Å². The highest BCUT2D eigenvalue weighted by atomic mass is 16.5. The largest absolute Gasteiger partial charge is 0.497 e. The standard InChI is InChI=1S/C27H27N3O3/c1-26(2,3)25(31)24-23(18-12-19(32-4)14-20(13-18)33-5)27(15-28,16-29)22-11-10-17-8-6-7-9-21(17)30(22)24/h6-14,22-24H,1-5H3/t22-,23-,24-/m1/s1. The van der Waals surface area contributed by atoms with E-state index < -0.39 is 28.8 Å². The molecular formula is C27H27N3O3. The van der Waals surface area contributed by atoms with E-state index in [1.165, 1.54) is 0 Å². The number of methoxy groups -OCH3 is 2. The maximum absolute atomic E-state index is 14.0. The van der Waals surface area contributed by atoms with Gasteiger partial charge in [-0.05, 0) is 29.3 Å². The van der Waals surface area contributed by atoms with E-state index in [0.717, 1.165) is 11.3 Å². The minimum Gasteiger partial charge on any atom is -0.497 e. The number of rotatable bonds is 4. The zero-order valence-electron chi connectivity index (χ0n) is 19.5. The molecule has 2 aromatic carbocycles. The number of ketones is 1. The number of ether oxygens (including phenoxy) is 2. The molecular weight excluding hydrogens is 414 g/mol. The number of hydrogen-bond acceptors (Lipinski definition) is 6. The van der Waals surface area contributed by atoms with E-state index in [9.17, 15) is 15.3 Å². The average Bonchev–Trinajstić information content (AvgIpc) is 3.13. The zero-order chi connectivity index (χ0) is 24.0. The molecule has 6 heteroatoms. The lowest BCUT2D eigenvalue weighted by Gasteiger charge is -2.37. The number of carbonyl (C=O) groups excluding carboxylic acids is 1. The minimum atomic E-state index is -1.49. The van der Waals surface area contributed by atoms with Gasteiger partial charge in [-0.15, -0.1) is 0 Å². The highest BCUT2D eigenvalue weighted by molar-refractivity contribution is 5.96. The number of nitrogens with zero attached hydrogens (tertiary/aromatic N) is 3. The third-order valence-electron chi connectivity index (χ3n) is 6.66. The van der Waals surface area contributed by atoms with Crippen LogP contribution in [0, 0.1) is 33.5 Å². The van der Waals surface area contributed by atoms with Gasteiger partial charge in [0.25, 0.3) is 0 Å². The molecule has 0 radical (unpaired) electrons. The molecule has 0 N–H and O–H groups in total. The van der Waals surface area contributed by atoms with Gasteiger partial charge in [0.1, 0.15) is 11.5 Å². The molecule has 1 saturated heterocycles. The monoisotopic (exact) mass is 441 g/mol. The lowest BCUT2D eigenvalue weighted by atomic mass is 9.67. The van der Waals surface area contributed by atoms with Crippen LogP contribution in [0.3, 0.4) is 0 Å². The van der Waals surface area contributed by atoms with Crippen LogP contribution < -0.4 is 14.4 Å². The zero-order valence-corrected chi connectivity index (χ0v) is 19.5. The first kappa shape index (κ1) is 22.4. The molecule has 0 amide bonds. The van der Waals surface area contributed by atoms with Crippen molar-refractivity contribution in [1.29, 1.82) is 10.5 Å². The quantitative estimate of drug-likeness (QED) is 0.682. The van der Waals surface area contributed by atoms with Crippen molar-refractivity contribution >= 4 is 17.5 Å². The Bertz CT molecular complexity index is 1180. The predicted octanol–water partition coefficient (Wildman–Crippen LogP) is 4.72. The second kappa shape index (κ2) is 7.98. The van der Waals surface area contributed by atoms with E-state index >= 15 is 0 Å². The molecule has 2 aliphatic heterocycles. The van der Waals surface area contributed by atoms with Crippen LogP contribution in [0.25, 0.3) is 6.08 Å². The summed E-state index contributed by atoms with van der Waals surface area (Å²) in [6.45, 7) is 5.62. The first-order valence-corrected chi connectivity index (χ1v) is 10.9. The third kappa shape index (κ3) is 3.34. The number of nitriles is 2. The number of anilines is 1. The van der Waals surface area contributed by atoms with Crippen LogP contribution in [-0.2, 0) is 4.79 Å². The Balaban J connectivity index is 2.05. The molecule has 0 spiro atoms. The van der Waals surface area contributed by atoms with Gasteiger partial charge in [-0.3, -0.25) is 4.79 Å². The summed E-state index contributed by atoms with van der Waals surface area (Å²) in [6, 6.07) is 16.5. The molecule has 0 aromatic heterocycles. The number of fused-ring (bicyclic) bond motifs is 3. The number of benzene rings is 2. The fourth-order valence-corrected chi connectivity index (χ4v) is 5.06. The SMILES string of the molecule is COc1cc(OC)cc([C@@H]2[C@H](C(=O)C(C)(C)C)N3c4ccccc4C=C[C@@H]3C2(C#N)C#N)c1. The van der Waals surface area contributed by atoms with Gasteiger partial charge in [0.05, 0.1) is 38.4 Å². The lowest BCUT2D eigenvalue weighted by Crippen LogP contribution is -2.47. The Morgan fingerprint density at radius 3 is 2.18 bits per heavy atom. The molecule has 6 nitrogen and oxygen atoms in total. The van der Waals surface area contributed by atoms with Gasteiger partial charge in [0.2, 0.25) is 0 Å². The number of Topliss-reactive ketones (excluding diaryl/α,β-unsaturated/α-hetero) is 1. The molecule has 2 heterocycles. The van der Waals surface area contributed by atoms with Crippen LogP contribution in [0.15, 0.2) is 48.5 Å². The topological polar surface area (TPSA) is 86.3 Å². The fourth-order valence-electron chi connectivity index (χ4n) is 5.06. The molecule has 0 aliphatic carbocycles. The maximum Gasteiger partial charge on any atom is 0.176 e. The smallest absolute Gasteiger partial charge is 0.176 e. The van der Waals surface area contributed by atoms with Crippen LogP contribution in [0.1, 0.15) is 37.8 Å². The Morgan fingerprint density at radius 2 is 1.64 bits per heavy atom. The summed E-state index contributed by atoms with van der Waals surface area (Å²) < 4.78 is 10.9. The molecule has 168 valence electrons. The normalized spacial score (nSPS) is 22.5. The Labute approximate surface area is 194 Å². The number of hydrogen-bond donors (Lipinski definition) is 0. The van der Waals surface area contributed by atoms with Crippen molar-refractivity contribution in [3.8, 4) is 23.6 Å². The van der Waals surface area contributed by atoms with E-state index in [1.807, 2.05) is 62.1 Å². The van der Waals surface area contributed by atoms with Crippen molar-refractivity contribution in [3.05, 3.63) is 59.7 Å². The summed E-state index contributed by atoms with van der Waals surface area (Å²) in [5.74, 6) is 0.328. The molecule has 33 heavy (non-hydrogen) atoms. The molecule has 1 fully saturated rings. The first-order valence-electron chi connectivity index (χ1n) is 10.9. The van der Waals surface area contributed by atoms with Crippen molar-refractivity contribution in [1.82, 2.24) is 0 Å². The first-order chi connectivity index (χ1) is 15.7. The Morgan fingerprint density at radius 1 is 1.03 bits per heavy atom. The van der Waals surface area contributed by atoms with Crippen molar-refractivity contribution in [3.63, 3.8) is 0 Å². The minimum absolute atomic E-state index is 0.0308. The van der Waals surface area contributed by atoms with E-state index in [4.69, 9.17) is 9.47 Å². The fraction of sp³-hybridized carbons (Fsp3) is 0.370. The van der Waals surface area contributed by atoms with Gasteiger partial charge in [0, 0.05) is 23.1 Å². The van der Waals surface area contributed by atoms with Gasteiger partial charge in [0.15, 0.2) is 11.2 Å². The van der Waals surface area contributed by atoms with Crippen molar-refractivity contribution in [2.75, 3.05) is 19.1 Å². The second-order valence-corrected chi connectivity index (χ2v) is 9.55. The summed E-state index contributed by atoms with van der Waals surface area (Å²) >= 11 is 0. The predicted molar refractivity (Wildman–Crippen MR) is 126 cm³/mol. The Kier molecular flexibility index (Phi) is 5.42. The maximum atomic E-state index is 14.0. The van der Waals surface area contributed by atoms with E-state index in [1.54, 1.807) is 32.4 Å². The summed E-state index contributed by atoms with van der Waals surface area (Å²) in [6.07, 6.45) is 3.82. The van der Waals surface area contributed by atoms with Crippen LogP contribution >= 0.6 is 0 Å². The summed E-state index contributed by atoms with van der Waals surface area (Å²) in [7, 11) is 3.10. The van der Waals surface area contributed by atoms with Crippen molar-refractivity contribution in [2.24, 2.45) is 10.8 Å². The second-order valence-electron chi connectivity index (χ2n) is 9.55. The summed E-state index contributed by atoms with van der Waals surface area (Å²) in [5.41, 5.74) is 0.284. The molecule has 4 rings (SSSR count). The van der Waals surface area contributed by atoms with Crippen LogP contribution in [0.5, 0.6) is 11.5 Å². The molecule has 0 bridgehead atoms. The van der Waals surface area contributed by atoms with E-state index in [-0.39, 0.29) is 5.78 Å². The average molecular weight is 442 g/mol. The van der Waals surface area contributed by atoms with Gasteiger partial charge in [-0.1, -0.05) is 51.1 Å². The number of para-hydroxylation sites is 1. The van der Waals surface area contributed by atoms with E-state index in [0.29, 0.717) is 17.1 Å². The molecule has 3 atom stereocenters. The Hall–Kier alpha value is -3.77. The van der Waals surface area contributed by atoms with E-state index in [2.05, 4.69) is 12.1 Å². The van der Waals surface area contributed by atoms with Gasteiger partial charge in [-0.25, -0.2) is 0 Å². The highest BCUT2D eigenvalue weighted by Gasteiger charge is 2.64. The number of carbonyl (C=O) groups is 1. The summed E-state index contributed by atoms with van der Waals surface area (Å²) in [4.78, 5) is 16.0. The van der Waals surface area contributed by atoms with Crippen LogP contribution in [-0.4, -0.2) is 32.1 Å². The molecule has 2 aromatic rings. The van der Waals surface area contributed by atoms with Crippen molar-refractivity contribution in [2.45, 2.75) is 38.8 Å². The van der Waals surface area contributed by atoms with Crippen LogP contribution in [0.4, 0.5) is 5.69 Å². The molecule has 2 aliphatic rings. The van der Waals surface area contributed by atoms with Gasteiger partial charge in [-0.2, -0.15) is 10.5 Å². The third-order valence-corrected chi connectivity index (χ3v) is 6.66. The molecule has 0 saturated carbocycles. The molecule has 0 unspecified atom stereocenters. The highest BCUT2D eigenvalue weighted by Crippen LogP contribution is 2.56. The van der Waals surface area contributed by atoms with Crippen molar-refractivity contribution < 1.29 is 14.3 Å². The summed E-state index contributed by atoms with van der Waals surface area (Å²) in [5, 5.41) is 21.0. The van der Waals surface area contributed by atoms with Gasteiger partial charge >= 0.3 is 0 Å². The van der Waals surface area contributed by atoms with Gasteiger partial charge < -0.3 is 14.4 Å². The lowest BCUT2D eigenvalue weighted by molar-refractivity contribution is -0.127.